The summed E-state index contributed by atoms with van der Waals surface area (Å²) in [6.07, 6.45) is 1.26. The third kappa shape index (κ3) is 4.63. The molecule has 0 saturated heterocycles. The maximum atomic E-state index is 12.6. The Kier molecular flexibility index (Phi) is 6.09. The van der Waals surface area contributed by atoms with Gasteiger partial charge in [0, 0.05) is 34.9 Å². The molecule has 0 aliphatic carbocycles. The first-order valence-corrected chi connectivity index (χ1v) is 11.7. The quantitative estimate of drug-likeness (QED) is 0.585. The van der Waals surface area contributed by atoms with E-state index < -0.39 is 0 Å². The van der Waals surface area contributed by atoms with Gasteiger partial charge in [0.15, 0.2) is 5.13 Å². The first-order chi connectivity index (χ1) is 13.7. The van der Waals surface area contributed by atoms with Crippen LogP contribution in [-0.2, 0) is 17.8 Å². The van der Waals surface area contributed by atoms with Crippen molar-refractivity contribution in [1.29, 1.82) is 0 Å². The Hall–Kier alpha value is -2.16. The van der Waals surface area contributed by atoms with E-state index >= 15 is 0 Å². The molecule has 2 amide bonds. The normalized spacial score (nSPS) is 13.2. The van der Waals surface area contributed by atoms with Crippen molar-refractivity contribution < 1.29 is 9.59 Å². The average Bonchev–Trinajstić information content (AvgIpc) is 3.37. The molecule has 0 fully saturated rings. The SMILES string of the molecule is O=C(Nc1nc2c(s1)CN(C(=O)CCSc1ccccc1)CC2)c1cccs1. The summed E-state index contributed by atoms with van der Waals surface area (Å²) in [5, 5.41) is 5.36. The van der Waals surface area contributed by atoms with Gasteiger partial charge in [0.05, 0.1) is 17.1 Å². The monoisotopic (exact) mass is 429 g/mol. The maximum Gasteiger partial charge on any atom is 0.267 e. The van der Waals surface area contributed by atoms with Gasteiger partial charge in [0.1, 0.15) is 0 Å². The number of benzene rings is 1. The second-order valence-corrected chi connectivity index (χ2v) is 9.50. The molecule has 0 atom stereocenters. The molecule has 1 aliphatic rings. The lowest BCUT2D eigenvalue weighted by molar-refractivity contribution is -0.131. The van der Waals surface area contributed by atoms with E-state index in [2.05, 4.69) is 22.4 Å². The van der Waals surface area contributed by atoms with Gasteiger partial charge in [-0.3, -0.25) is 14.9 Å². The Morgan fingerprint density at radius 3 is 2.82 bits per heavy atom. The first kappa shape index (κ1) is 19.2. The highest BCUT2D eigenvalue weighted by Crippen LogP contribution is 2.29. The standard InChI is InChI=1S/C20H19N3O2S3/c24-18(9-12-26-14-5-2-1-3-6-14)23-10-8-15-17(13-23)28-20(21-15)22-19(25)16-7-4-11-27-16/h1-7,11H,8-10,12-13H2,(H,21,22,25). The molecule has 1 aromatic carbocycles. The zero-order valence-electron chi connectivity index (χ0n) is 15.1. The Bertz CT molecular complexity index is 955. The van der Waals surface area contributed by atoms with Crippen LogP contribution in [0.2, 0.25) is 0 Å². The van der Waals surface area contributed by atoms with Crippen molar-refractivity contribution in [1.82, 2.24) is 9.88 Å². The average molecular weight is 430 g/mol. The van der Waals surface area contributed by atoms with Crippen LogP contribution >= 0.6 is 34.4 Å². The molecule has 0 saturated carbocycles. The number of nitrogens with zero attached hydrogens (tertiary/aromatic N) is 2. The summed E-state index contributed by atoms with van der Waals surface area (Å²) < 4.78 is 0. The van der Waals surface area contributed by atoms with E-state index in [9.17, 15) is 9.59 Å². The molecule has 8 heteroatoms. The van der Waals surface area contributed by atoms with Crippen molar-refractivity contribution in [2.24, 2.45) is 0 Å². The van der Waals surface area contributed by atoms with Crippen molar-refractivity contribution in [3.63, 3.8) is 0 Å². The largest absolute Gasteiger partial charge is 0.337 e. The summed E-state index contributed by atoms with van der Waals surface area (Å²) in [4.78, 5) is 34.1. The van der Waals surface area contributed by atoms with Gasteiger partial charge >= 0.3 is 0 Å². The third-order valence-corrected chi connectivity index (χ3v) is 7.26. The second kappa shape index (κ2) is 8.89. The number of anilines is 1. The van der Waals surface area contributed by atoms with Crippen molar-refractivity contribution >= 4 is 51.4 Å². The summed E-state index contributed by atoms with van der Waals surface area (Å²) in [6.45, 7) is 1.26. The molecule has 28 heavy (non-hydrogen) atoms. The number of hydrogen-bond acceptors (Lipinski definition) is 6. The molecule has 1 aliphatic heterocycles. The maximum absolute atomic E-state index is 12.6. The van der Waals surface area contributed by atoms with Crippen LogP contribution in [0.15, 0.2) is 52.7 Å². The third-order valence-electron chi connectivity index (χ3n) is 4.38. The van der Waals surface area contributed by atoms with Crippen LogP contribution in [0.25, 0.3) is 0 Å². The van der Waals surface area contributed by atoms with Crippen LogP contribution in [0.3, 0.4) is 0 Å². The summed E-state index contributed by atoms with van der Waals surface area (Å²) in [6, 6.07) is 13.8. The van der Waals surface area contributed by atoms with Gasteiger partial charge in [0.2, 0.25) is 5.91 Å². The zero-order chi connectivity index (χ0) is 19.3. The second-order valence-electron chi connectivity index (χ2n) is 6.30. The minimum atomic E-state index is -0.132. The van der Waals surface area contributed by atoms with Gasteiger partial charge in [-0.05, 0) is 23.6 Å². The number of amides is 2. The highest BCUT2D eigenvalue weighted by atomic mass is 32.2. The number of thioether (sulfide) groups is 1. The minimum Gasteiger partial charge on any atom is -0.337 e. The Morgan fingerprint density at radius 1 is 1.18 bits per heavy atom. The van der Waals surface area contributed by atoms with Crippen LogP contribution in [-0.4, -0.2) is 34.0 Å². The van der Waals surface area contributed by atoms with E-state index in [0.29, 0.717) is 29.5 Å². The number of thiazole rings is 1. The van der Waals surface area contributed by atoms with Gasteiger partial charge in [-0.2, -0.15) is 0 Å². The molecule has 0 radical (unpaired) electrons. The van der Waals surface area contributed by atoms with E-state index in [-0.39, 0.29) is 11.8 Å². The van der Waals surface area contributed by atoms with Gasteiger partial charge in [0.25, 0.3) is 5.91 Å². The fraction of sp³-hybridized carbons (Fsp3) is 0.250. The van der Waals surface area contributed by atoms with E-state index in [0.717, 1.165) is 22.7 Å². The number of carbonyl (C=O) groups is 2. The number of aromatic nitrogens is 1. The fourth-order valence-corrected chi connectivity index (χ4v) is 5.46. The number of carbonyl (C=O) groups excluding carboxylic acids is 2. The zero-order valence-corrected chi connectivity index (χ0v) is 17.5. The van der Waals surface area contributed by atoms with Crippen LogP contribution < -0.4 is 5.32 Å². The first-order valence-electron chi connectivity index (χ1n) is 8.98. The van der Waals surface area contributed by atoms with Crippen molar-refractivity contribution in [3.8, 4) is 0 Å². The predicted molar refractivity (Wildman–Crippen MR) is 115 cm³/mol. The molecule has 0 bridgehead atoms. The lowest BCUT2D eigenvalue weighted by atomic mass is 10.1. The molecule has 4 rings (SSSR count). The minimum absolute atomic E-state index is 0.132. The summed E-state index contributed by atoms with van der Waals surface area (Å²) in [7, 11) is 0. The van der Waals surface area contributed by atoms with Gasteiger partial charge < -0.3 is 4.90 Å². The number of fused-ring (bicyclic) bond motifs is 1. The van der Waals surface area contributed by atoms with Crippen LogP contribution in [0.1, 0.15) is 26.7 Å². The molecule has 0 spiro atoms. The highest BCUT2D eigenvalue weighted by Gasteiger charge is 2.24. The number of nitrogens with one attached hydrogen (secondary N) is 1. The molecular formula is C20H19N3O2S3. The van der Waals surface area contributed by atoms with Gasteiger partial charge in [-0.1, -0.05) is 35.6 Å². The van der Waals surface area contributed by atoms with E-state index in [1.54, 1.807) is 17.8 Å². The lowest BCUT2D eigenvalue weighted by Crippen LogP contribution is -2.35. The van der Waals surface area contributed by atoms with Gasteiger partial charge in [-0.25, -0.2) is 4.98 Å². The Labute approximate surface area is 175 Å². The number of rotatable bonds is 6. The predicted octanol–water partition coefficient (Wildman–Crippen LogP) is 4.52. The molecule has 2 aromatic heterocycles. The Balaban J connectivity index is 1.31. The van der Waals surface area contributed by atoms with Crippen LogP contribution in [0.4, 0.5) is 5.13 Å². The smallest absolute Gasteiger partial charge is 0.267 e. The fourth-order valence-electron chi connectivity index (χ4n) is 2.96. The molecule has 3 aromatic rings. The topological polar surface area (TPSA) is 62.3 Å². The molecular weight excluding hydrogens is 410 g/mol. The van der Waals surface area contributed by atoms with Crippen LogP contribution in [0, 0.1) is 0 Å². The highest BCUT2D eigenvalue weighted by molar-refractivity contribution is 7.99. The molecule has 1 N–H and O–H groups in total. The summed E-state index contributed by atoms with van der Waals surface area (Å²) in [5.41, 5.74) is 0.995. The molecule has 3 heterocycles. The number of thiophene rings is 1. The van der Waals surface area contributed by atoms with Crippen molar-refractivity contribution in [3.05, 3.63) is 63.3 Å². The lowest BCUT2D eigenvalue weighted by Gasteiger charge is -2.26. The summed E-state index contributed by atoms with van der Waals surface area (Å²) >= 11 is 4.57. The molecule has 5 nitrogen and oxygen atoms in total. The van der Waals surface area contributed by atoms with Crippen molar-refractivity contribution in [2.45, 2.75) is 24.3 Å². The number of hydrogen-bond donors (Lipinski definition) is 1. The molecule has 0 unspecified atom stereocenters. The van der Waals surface area contributed by atoms with Crippen molar-refractivity contribution in [2.75, 3.05) is 17.6 Å². The molecule has 144 valence electrons. The van der Waals surface area contributed by atoms with E-state index in [1.165, 1.54) is 27.6 Å². The Morgan fingerprint density at radius 2 is 2.04 bits per heavy atom. The summed E-state index contributed by atoms with van der Waals surface area (Å²) in [5.74, 6) is 0.815. The van der Waals surface area contributed by atoms with E-state index in [1.807, 2.05) is 34.5 Å². The van der Waals surface area contributed by atoms with Crippen LogP contribution in [0.5, 0.6) is 0 Å². The van der Waals surface area contributed by atoms with Gasteiger partial charge in [-0.15, -0.1) is 23.1 Å². The van der Waals surface area contributed by atoms with E-state index in [4.69, 9.17) is 0 Å².